The van der Waals surface area contributed by atoms with Crippen LogP contribution in [0.3, 0.4) is 0 Å². The number of carbonyl (C=O) groups excluding carboxylic acids is 1. The number of amides is 1. The van der Waals surface area contributed by atoms with Crippen LogP contribution in [0.15, 0.2) is 35.9 Å². The highest BCUT2D eigenvalue weighted by Crippen LogP contribution is 2.18. The third kappa shape index (κ3) is 2.05. The second-order valence-corrected chi connectivity index (χ2v) is 3.77. The maximum atomic E-state index is 12.0. The molecule has 1 aliphatic heterocycles. The van der Waals surface area contributed by atoms with E-state index in [0.29, 0.717) is 6.54 Å². The average molecular weight is 222 g/mol. The van der Waals surface area contributed by atoms with Gasteiger partial charge in [0, 0.05) is 24.2 Å². The summed E-state index contributed by atoms with van der Waals surface area (Å²) in [5, 5.41) is 0. The van der Waals surface area contributed by atoms with Gasteiger partial charge in [0.2, 0.25) is 0 Å². The minimum Gasteiger partial charge on any atom is -0.335 e. The minimum absolute atomic E-state index is 0.103. The molecule has 1 aromatic rings. The molecule has 0 bridgehead atoms. The highest BCUT2D eigenvalue weighted by Gasteiger charge is 2.22. The molecule has 3 heteroatoms. The van der Waals surface area contributed by atoms with Gasteiger partial charge in [-0.1, -0.05) is 35.9 Å². The first-order valence-corrected chi connectivity index (χ1v) is 5.39. The number of fused-ring (bicyclic) bond motifs is 1. The van der Waals surface area contributed by atoms with Gasteiger partial charge < -0.3 is 4.90 Å². The lowest BCUT2D eigenvalue weighted by Gasteiger charge is -2.27. The van der Waals surface area contributed by atoms with Gasteiger partial charge >= 0.3 is 0 Å². The van der Waals surface area contributed by atoms with Crippen molar-refractivity contribution in [3.8, 4) is 0 Å². The molecule has 2 nitrogen and oxygen atoms in total. The molecule has 0 aliphatic carbocycles. The molecular formula is C12H12ClNO. The van der Waals surface area contributed by atoms with E-state index in [9.17, 15) is 4.79 Å². The fourth-order valence-corrected chi connectivity index (χ4v) is 1.90. The van der Waals surface area contributed by atoms with Gasteiger partial charge in [0.05, 0.1) is 0 Å². The molecule has 2 rings (SSSR count). The maximum Gasteiger partial charge on any atom is 0.254 e. The molecule has 0 radical (unpaired) electrons. The molecule has 0 atom stereocenters. The van der Waals surface area contributed by atoms with Crippen LogP contribution in [0.1, 0.15) is 15.9 Å². The summed E-state index contributed by atoms with van der Waals surface area (Å²) in [6.45, 7) is 1.37. The highest BCUT2D eigenvalue weighted by molar-refractivity contribution is 6.25. The Hall–Kier alpha value is -1.28. The fourth-order valence-electron chi connectivity index (χ4n) is 1.82. The van der Waals surface area contributed by atoms with Crippen molar-refractivity contribution in [2.75, 3.05) is 13.1 Å². The van der Waals surface area contributed by atoms with Crippen LogP contribution < -0.4 is 0 Å². The summed E-state index contributed by atoms with van der Waals surface area (Å²) in [7, 11) is 0. The quantitative estimate of drug-likeness (QED) is 0.751. The van der Waals surface area contributed by atoms with E-state index in [0.717, 1.165) is 24.1 Å². The van der Waals surface area contributed by atoms with Gasteiger partial charge in [0.25, 0.3) is 5.91 Å². The van der Waals surface area contributed by atoms with E-state index in [4.69, 9.17) is 11.6 Å². The fraction of sp³-hybridized carbons (Fsp3) is 0.250. The van der Waals surface area contributed by atoms with Crippen LogP contribution >= 0.6 is 11.6 Å². The average Bonchev–Trinajstić information content (AvgIpc) is 2.29. The molecule has 1 aromatic carbocycles. The van der Waals surface area contributed by atoms with Crippen LogP contribution in [0.4, 0.5) is 0 Å². The standard InChI is InChI=1S/C12H12ClNO/c13-7-3-8-14-9-6-10-4-1-2-5-11(10)12(14)15/h1-5,7H,6,8-9H2/b7-3+. The maximum absolute atomic E-state index is 12.0. The first-order valence-electron chi connectivity index (χ1n) is 4.95. The largest absolute Gasteiger partial charge is 0.335 e. The smallest absolute Gasteiger partial charge is 0.254 e. The van der Waals surface area contributed by atoms with Crippen molar-refractivity contribution in [3.05, 3.63) is 47.0 Å². The van der Waals surface area contributed by atoms with E-state index in [1.54, 1.807) is 11.0 Å². The van der Waals surface area contributed by atoms with E-state index in [2.05, 4.69) is 0 Å². The van der Waals surface area contributed by atoms with Gasteiger partial charge in [-0.3, -0.25) is 4.79 Å². The lowest BCUT2D eigenvalue weighted by molar-refractivity contribution is 0.0759. The summed E-state index contributed by atoms with van der Waals surface area (Å²) >= 11 is 5.45. The van der Waals surface area contributed by atoms with Crippen molar-refractivity contribution >= 4 is 17.5 Å². The SMILES string of the molecule is O=C1c2ccccc2CCN1C/C=C/Cl. The van der Waals surface area contributed by atoms with Gasteiger partial charge in [-0.05, 0) is 18.1 Å². The van der Waals surface area contributed by atoms with Gasteiger partial charge in [-0.2, -0.15) is 0 Å². The van der Waals surface area contributed by atoms with Gasteiger partial charge in [-0.15, -0.1) is 0 Å². The molecule has 0 saturated heterocycles. The van der Waals surface area contributed by atoms with Crippen LogP contribution in [-0.2, 0) is 6.42 Å². The van der Waals surface area contributed by atoms with E-state index in [-0.39, 0.29) is 5.91 Å². The van der Waals surface area contributed by atoms with Crippen LogP contribution in [-0.4, -0.2) is 23.9 Å². The minimum atomic E-state index is 0.103. The summed E-state index contributed by atoms with van der Waals surface area (Å²) in [6, 6.07) is 7.77. The lowest BCUT2D eigenvalue weighted by atomic mass is 9.99. The zero-order valence-electron chi connectivity index (χ0n) is 8.32. The molecule has 1 amide bonds. The third-order valence-corrected chi connectivity index (χ3v) is 2.78. The number of nitrogens with zero attached hydrogens (tertiary/aromatic N) is 1. The zero-order valence-corrected chi connectivity index (χ0v) is 9.07. The summed E-state index contributed by atoms with van der Waals surface area (Å²) in [6.07, 6.45) is 2.71. The monoisotopic (exact) mass is 221 g/mol. The van der Waals surface area contributed by atoms with Crippen molar-refractivity contribution < 1.29 is 4.79 Å². The van der Waals surface area contributed by atoms with Gasteiger partial charge in [-0.25, -0.2) is 0 Å². The lowest BCUT2D eigenvalue weighted by Crippen LogP contribution is -2.37. The van der Waals surface area contributed by atoms with Crippen molar-refractivity contribution in [1.29, 1.82) is 0 Å². The Labute approximate surface area is 94.2 Å². The highest BCUT2D eigenvalue weighted by atomic mass is 35.5. The third-order valence-electron chi connectivity index (χ3n) is 2.60. The molecule has 0 spiro atoms. The Bertz CT molecular complexity index is 400. The Morgan fingerprint density at radius 3 is 3.00 bits per heavy atom. The van der Waals surface area contributed by atoms with E-state index in [1.807, 2.05) is 24.3 Å². The summed E-state index contributed by atoms with van der Waals surface area (Å²) in [5.74, 6) is 0.103. The van der Waals surface area contributed by atoms with Crippen molar-refractivity contribution in [2.24, 2.45) is 0 Å². The van der Waals surface area contributed by atoms with Crippen LogP contribution in [0.5, 0.6) is 0 Å². The molecule has 0 N–H and O–H groups in total. The number of benzene rings is 1. The predicted molar refractivity (Wildman–Crippen MR) is 61.0 cm³/mol. The summed E-state index contributed by atoms with van der Waals surface area (Å²) < 4.78 is 0. The number of hydrogen-bond donors (Lipinski definition) is 0. The Morgan fingerprint density at radius 1 is 1.40 bits per heavy atom. The molecule has 1 heterocycles. The van der Waals surface area contributed by atoms with Crippen LogP contribution in [0, 0.1) is 0 Å². The number of rotatable bonds is 2. The van der Waals surface area contributed by atoms with Gasteiger partial charge in [0.15, 0.2) is 0 Å². The number of halogens is 1. The Morgan fingerprint density at radius 2 is 2.20 bits per heavy atom. The van der Waals surface area contributed by atoms with Crippen molar-refractivity contribution in [1.82, 2.24) is 4.90 Å². The predicted octanol–water partition coefficient (Wildman–Crippen LogP) is 2.44. The summed E-state index contributed by atoms with van der Waals surface area (Å²) in [5.41, 5.74) is 3.42. The number of hydrogen-bond acceptors (Lipinski definition) is 1. The first kappa shape index (κ1) is 10.2. The molecule has 0 saturated carbocycles. The Kier molecular flexibility index (Phi) is 3.07. The summed E-state index contributed by atoms with van der Waals surface area (Å²) in [4.78, 5) is 13.8. The van der Waals surface area contributed by atoms with Gasteiger partial charge in [0.1, 0.15) is 0 Å². The molecule has 1 aliphatic rings. The van der Waals surface area contributed by atoms with E-state index < -0.39 is 0 Å². The number of carbonyl (C=O) groups is 1. The normalized spacial score (nSPS) is 15.8. The van der Waals surface area contributed by atoms with Crippen LogP contribution in [0.2, 0.25) is 0 Å². The van der Waals surface area contributed by atoms with E-state index >= 15 is 0 Å². The molecule has 78 valence electrons. The topological polar surface area (TPSA) is 20.3 Å². The molecule has 0 fully saturated rings. The Balaban J connectivity index is 2.22. The van der Waals surface area contributed by atoms with Crippen molar-refractivity contribution in [3.63, 3.8) is 0 Å². The molecule has 15 heavy (non-hydrogen) atoms. The van der Waals surface area contributed by atoms with E-state index in [1.165, 1.54) is 5.54 Å². The molecule has 0 unspecified atom stereocenters. The second-order valence-electron chi connectivity index (χ2n) is 3.52. The van der Waals surface area contributed by atoms with Crippen molar-refractivity contribution in [2.45, 2.75) is 6.42 Å². The second kappa shape index (κ2) is 4.49. The molecular weight excluding hydrogens is 210 g/mol. The molecule has 0 aromatic heterocycles. The first-order chi connectivity index (χ1) is 7.33. The van der Waals surface area contributed by atoms with Crippen LogP contribution in [0.25, 0.3) is 0 Å². The zero-order chi connectivity index (χ0) is 10.7.